The summed E-state index contributed by atoms with van der Waals surface area (Å²) < 4.78 is 11.1. The highest BCUT2D eigenvalue weighted by atomic mass is 16.5. The number of aliphatic hydroxyl groups is 1. The zero-order valence-corrected chi connectivity index (χ0v) is 11.6. The molecule has 2 saturated heterocycles. The van der Waals surface area contributed by atoms with E-state index in [1.54, 1.807) is 0 Å². The second-order valence-electron chi connectivity index (χ2n) is 6.09. The Kier molecular flexibility index (Phi) is 5.42. The molecule has 2 aliphatic rings. The first-order valence-electron chi connectivity index (χ1n) is 7.19. The molecule has 18 heavy (non-hydrogen) atoms. The molecule has 2 fully saturated rings. The van der Waals surface area contributed by atoms with Gasteiger partial charge in [-0.05, 0) is 38.6 Å². The Bertz CT molecular complexity index is 235. The standard InChI is InChI=1S/C14H27NO3/c1-15(8-13-4-2-6-17-9-13)10-14(11-16)5-3-7-18-12-14/h13,16H,2-12H2,1H3. The molecule has 2 atom stereocenters. The van der Waals surface area contributed by atoms with Gasteiger partial charge in [0.1, 0.15) is 0 Å². The minimum absolute atomic E-state index is 0.0392. The van der Waals surface area contributed by atoms with Crippen LogP contribution in [0.25, 0.3) is 0 Å². The van der Waals surface area contributed by atoms with Crippen LogP contribution >= 0.6 is 0 Å². The number of ether oxygens (including phenoxy) is 2. The van der Waals surface area contributed by atoms with Crippen LogP contribution in [0.1, 0.15) is 25.7 Å². The normalized spacial score (nSPS) is 33.8. The van der Waals surface area contributed by atoms with E-state index in [4.69, 9.17) is 9.47 Å². The summed E-state index contributed by atoms with van der Waals surface area (Å²) in [6.45, 7) is 5.61. The molecule has 2 unspecified atom stereocenters. The summed E-state index contributed by atoms with van der Waals surface area (Å²) in [4.78, 5) is 2.35. The maximum absolute atomic E-state index is 9.66. The fourth-order valence-electron chi connectivity index (χ4n) is 3.24. The van der Waals surface area contributed by atoms with Crippen LogP contribution in [0, 0.1) is 11.3 Å². The van der Waals surface area contributed by atoms with Crippen LogP contribution in [0.3, 0.4) is 0 Å². The van der Waals surface area contributed by atoms with Crippen LogP contribution in [0.4, 0.5) is 0 Å². The largest absolute Gasteiger partial charge is 0.396 e. The van der Waals surface area contributed by atoms with Crippen molar-refractivity contribution >= 4 is 0 Å². The van der Waals surface area contributed by atoms with Gasteiger partial charge in [0.2, 0.25) is 0 Å². The predicted molar refractivity (Wildman–Crippen MR) is 70.6 cm³/mol. The van der Waals surface area contributed by atoms with Crippen LogP contribution in [0.2, 0.25) is 0 Å². The third-order valence-corrected chi connectivity index (χ3v) is 4.17. The second kappa shape index (κ2) is 6.85. The second-order valence-corrected chi connectivity index (χ2v) is 6.09. The maximum Gasteiger partial charge on any atom is 0.0556 e. The molecule has 4 nitrogen and oxygen atoms in total. The SMILES string of the molecule is CN(CC1CCCOC1)CC1(CO)CCCOC1. The van der Waals surface area contributed by atoms with E-state index < -0.39 is 0 Å². The third kappa shape index (κ3) is 3.92. The van der Waals surface area contributed by atoms with E-state index in [9.17, 15) is 5.11 Å². The Labute approximate surface area is 110 Å². The van der Waals surface area contributed by atoms with Gasteiger partial charge in [-0.25, -0.2) is 0 Å². The molecule has 0 aromatic rings. The number of hydrogen-bond acceptors (Lipinski definition) is 4. The van der Waals surface area contributed by atoms with Gasteiger partial charge in [-0.2, -0.15) is 0 Å². The van der Waals surface area contributed by atoms with Crippen molar-refractivity contribution in [2.75, 3.05) is 53.2 Å². The Morgan fingerprint density at radius 3 is 2.72 bits per heavy atom. The Hall–Kier alpha value is -0.160. The zero-order valence-electron chi connectivity index (χ0n) is 11.6. The smallest absolute Gasteiger partial charge is 0.0556 e. The van der Waals surface area contributed by atoms with Crippen LogP contribution in [0.5, 0.6) is 0 Å². The summed E-state index contributed by atoms with van der Waals surface area (Å²) in [5, 5.41) is 9.66. The molecule has 0 bridgehead atoms. The van der Waals surface area contributed by atoms with Crippen molar-refractivity contribution in [3.05, 3.63) is 0 Å². The van der Waals surface area contributed by atoms with Crippen LogP contribution in [-0.2, 0) is 9.47 Å². The van der Waals surface area contributed by atoms with E-state index in [-0.39, 0.29) is 12.0 Å². The van der Waals surface area contributed by atoms with Crippen LogP contribution < -0.4 is 0 Å². The summed E-state index contributed by atoms with van der Waals surface area (Å²) >= 11 is 0. The molecule has 0 saturated carbocycles. The summed E-state index contributed by atoms with van der Waals surface area (Å²) in [6, 6.07) is 0. The van der Waals surface area contributed by atoms with Crippen molar-refractivity contribution in [2.45, 2.75) is 25.7 Å². The van der Waals surface area contributed by atoms with Gasteiger partial charge in [0, 0.05) is 31.7 Å². The van der Waals surface area contributed by atoms with Crippen LogP contribution in [-0.4, -0.2) is 63.2 Å². The Morgan fingerprint density at radius 2 is 2.11 bits per heavy atom. The van der Waals surface area contributed by atoms with Gasteiger partial charge >= 0.3 is 0 Å². The molecule has 0 aromatic heterocycles. The first kappa shape index (κ1) is 14.3. The molecule has 1 N–H and O–H groups in total. The van der Waals surface area contributed by atoms with Crippen molar-refractivity contribution in [1.82, 2.24) is 4.90 Å². The minimum atomic E-state index is -0.0392. The topological polar surface area (TPSA) is 41.9 Å². The lowest BCUT2D eigenvalue weighted by molar-refractivity contribution is -0.0563. The quantitative estimate of drug-likeness (QED) is 0.802. The first-order chi connectivity index (χ1) is 8.74. The van der Waals surface area contributed by atoms with Gasteiger partial charge in [-0.3, -0.25) is 0 Å². The van der Waals surface area contributed by atoms with Crippen molar-refractivity contribution in [3.63, 3.8) is 0 Å². The lowest BCUT2D eigenvalue weighted by Gasteiger charge is -2.39. The van der Waals surface area contributed by atoms with E-state index >= 15 is 0 Å². The highest BCUT2D eigenvalue weighted by Gasteiger charge is 2.34. The summed E-state index contributed by atoms with van der Waals surface area (Å²) in [5.74, 6) is 0.656. The van der Waals surface area contributed by atoms with Crippen molar-refractivity contribution in [1.29, 1.82) is 0 Å². The third-order valence-electron chi connectivity index (χ3n) is 4.17. The number of aliphatic hydroxyl groups excluding tert-OH is 1. The Morgan fingerprint density at radius 1 is 1.28 bits per heavy atom. The molecule has 0 spiro atoms. The van der Waals surface area contributed by atoms with Crippen LogP contribution in [0.15, 0.2) is 0 Å². The van der Waals surface area contributed by atoms with E-state index in [1.807, 2.05) is 0 Å². The first-order valence-corrected chi connectivity index (χ1v) is 7.19. The zero-order chi connectivity index (χ0) is 12.8. The summed E-state index contributed by atoms with van der Waals surface area (Å²) in [7, 11) is 2.15. The monoisotopic (exact) mass is 257 g/mol. The van der Waals surface area contributed by atoms with Gasteiger partial charge in [0.25, 0.3) is 0 Å². The number of rotatable bonds is 5. The van der Waals surface area contributed by atoms with Gasteiger partial charge in [-0.1, -0.05) is 0 Å². The lowest BCUT2D eigenvalue weighted by atomic mass is 9.82. The molecular weight excluding hydrogens is 230 g/mol. The van der Waals surface area contributed by atoms with E-state index in [2.05, 4.69) is 11.9 Å². The van der Waals surface area contributed by atoms with Crippen molar-refractivity contribution < 1.29 is 14.6 Å². The number of nitrogens with zero attached hydrogens (tertiary/aromatic N) is 1. The number of hydrogen-bond donors (Lipinski definition) is 1. The summed E-state index contributed by atoms with van der Waals surface area (Å²) in [6.07, 6.45) is 4.61. The molecule has 106 valence electrons. The Balaban J connectivity index is 1.78. The average Bonchev–Trinajstić information content (AvgIpc) is 2.41. The average molecular weight is 257 g/mol. The molecule has 0 aromatic carbocycles. The van der Waals surface area contributed by atoms with Gasteiger partial charge in [0.15, 0.2) is 0 Å². The summed E-state index contributed by atoms with van der Waals surface area (Å²) in [5.41, 5.74) is -0.0392. The maximum atomic E-state index is 9.66. The molecule has 2 rings (SSSR count). The fourth-order valence-corrected chi connectivity index (χ4v) is 3.24. The lowest BCUT2D eigenvalue weighted by Crippen LogP contribution is -2.46. The van der Waals surface area contributed by atoms with Gasteiger partial charge in [0.05, 0.1) is 19.8 Å². The molecule has 2 heterocycles. The van der Waals surface area contributed by atoms with E-state index in [1.165, 1.54) is 12.8 Å². The molecular formula is C14H27NO3. The van der Waals surface area contributed by atoms with Gasteiger partial charge in [-0.15, -0.1) is 0 Å². The molecule has 0 amide bonds. The van der Waals surface area contributed by atoms with E-state index in [0.29, 0.717) is 12.5 Å². The fraction of sp³-hybridized carbons (Fsp3) is 1.00. The molecule has 0 aliphatic carbocycles. The molecule has 2 aliphatic heterocycles. The predicted octanol–water partition coefficient (Wildman–Crippen LogP) is 1.13. The van der Waals surface area contributed by atoms with Crippen molar-refractivity contribution in [3.8, 4) is 0 Å². The highest BCUT2D eigenvalue weighted by molar-refractivity contribution is 4.84. The molecule has 0 radical (unpaired) electrons. The van der Waals surface area contributed by atoms with E-state index in [0.717, 1.165) is 45.8 Å². The van der Waals surface area contributed by atoms with Crippen molar-refractivity contribution in [2.24, 2.45) is 11.3 Å². The molecule has 4 heteroatoms. The van der Waals surface area contributed by atoms with Gasteiger partial charge < -0.3 is 19.5 Å². The highest BCUT2D eigenvalue weighted by Crippen LogP contribution is 2.29. The minimum Gasteiger partial charge on any atom is -0.396 e.